The van der Waals surface area contributed by atoms with Crippen LogP contribution in [0.1, 0.15) is 35.6 Å². The average Bonchev–Trinajstić information content (AvgIpc) is 2.62. The van der Waals surface area contributed by atoms with Crippen molar-refractivity contribution in [3.63, 3.8) is 0 Å². The van der Waals surface area contributed by atoms with E-state index in [9.17, 15) is 13.6 Å². The van der Waals surface area contributed by atoms with Gasteiger partial charge in [0.1, 0.15) is 5.75 Å². The van der Waals surface area contributed by atoms with Crippen LogP contribution in [0.2, 0.25) is 0 Å². The van der Waals surface area contributed by atoms with Crippen LogP contribution in [0, 0.1) is 0 Å². The monoisotopic (exact) mass is 360 g/mol. The number of carbonyl (C=O) groups excluding carboxylic acids is 1. The maximum atomic E-state index is 12.5. The standard InChI is InChI=1S/C20H22F2N2O2/c21-20(22)26-15-9-10-16-14(12-15)7-4-8-18(16)24-19(25)17(23)11-13-5-2-1-3-6-13/h1-3,5-6,9-10,12,17-18,20H,4,7-8,11,23H2,(H,24,25)/t17-,18?/m0/s1. The minimum atomic E-state index is -2.84. The van der Waals surface area contributed by atoms with Gasteiger partial charge in [-0.3, -0.25) is 4.79 Å². The Morgan fingerprint density at radius 2 is 2.00 bits per heavy atom. The summed E-state index contributed by atoms with van der Waals surface area (Å²) in [7, 11) is 0. The number of hydrogen-bond donors (Lipinski definition) is 2. The average molecular weight is 360 g/mol. The number of aryl methyl sites for hydroxylation is 1. The van der Waals surface area contributed by atoms with Crippen LogP contribution in [0.5, 0.6) is 5.75 Å². The summed E-state index contributed by atoms with van der Waals surface area (Å²) >= 11 is 0. The molecule has 3 rings (SSSR count). The first-order chi connectivity index (χ1) is 12.5. The highest BCUT2D eigenvalue weighted by atomic mass is 19.3. The predicted octanol–water partition coefficient (Wildman–Crippen LogP) is 3.35. The first kappa shape index (κ1) is 18.3. The summed E-state index contributed by atoms with van der Waals surface area (Å²) in [5.74, 6) is -0.0638. The summed E-state index contributed by atoms with van der Waals surface area (Å²) < 4.78 is 29.2. The fraction of sp³-hybridized carbons (Fsp3) is 0.350. The van der Waals surface area contributed by atoms with E-state index in [1.54, 1.807) is 12.1 Å². The lowest BCUT2D eigenvalue weighted by Gasteiger charge is -2.28. The third kappa shape index (κ3) is 4.58. The molecule has 2 aromatic rings. The van der Waals surface area contributed by atoms with E-state index in [0.717, 1.165) is 36.0 Å². The van der Waals surface area contributed by atoms with Crippen LogP contribution < -0.4 is 15.8 Å². The predicted molar refractivity (Wildman–Crippen MR) is 95.0 cm³/mol. The largest absolute Gasteiger partial charge is 0.435 e. The maximum Gasteiger partial charge on any atom is 0.387 e. The number of rotatable bonds is 6. The molecular weight excluding hydrogens is 338 g/mol. The van der Waals surface area contributed by atoms with Crippen molar-refractivity contribution in [2.45, 2.75) is 44.4 Å². The Kier molecular flexibility index (Phi) is 5.83. The lowest BCUT2D eigenvalue weighted by atomic mass is 9.87. The third-order valence-corrected chi connectivity index (χ3v) is 4.61. The van der Waals surface area contributed by atoms with Gasteiger partial charge in [-0.25, -0.2) is 0 Å². The molecule has 3 N–H and O–H groups in total. The first-order valence-corrected chi connectivity index (χ1v) is 8.70. The van der Waals surface area contributed by atoms with Gasteiger partial charge >= 0.3 is 6.61 Å². The van der Waals surface area contributed by atoms with Crippen molar-refractivity contribution in [1.82, 2.24) is 5.32 Å². The smallest absolute Gasteiger partial charge is 0.387 e. The number of hydrogen-bond acceptors (Lipinski definition) is 3. The lowest BCUT2D eigenvalue weighted by Crippen LogP contribution is -2.44. The number of halogens is 2. The van der Waals surface area contributed by atoms with Crippen LogP contribution in [0.15, 0.2) is 48.5 Å². The highest BCUT2D eigenvalue weighted by Gasteiger charge is 2.25. The number of amides is 1. The molecule has 6 heteroatoms. The highest BCUT2D eigenvalue weighted by molar-refractivity contribution is 5.82. The van der Waals surface area contributed by atoms with Crippen LogP contribution in [0.3, 0.4) is 0 Å². The second-order valence-electron chi connectivity index (χ2n) is 6.49. The second-order valence-corrected chi connectivity index (χ2v) is 6.49. The van der Waals surface area contributed by atoms with Gasteiger partial charge in [-0.2, -0.15) is 8.78 Å². The van der Waals surface area contributed by atoms with E-state index in [0.29, 0.717) is 6.42 Å². The number of ether oxygens (including phenoxy) is 1. The molecule has 2 atom stereocenters. The molecule has 0 saturated carbocycles. The normalized spacial score (nSPS) is 17.5. The molecule has 0 aromatic heterocycles. The SMILES string of the molecule is N[C@@H](Cc1ccccc1)C(=O)NC1CCCc2cc(OC(F)F)ccc21. The molecule has 0 fully saturated rings. The van der Waals surface area contributed by atoms with Crippen molar-refractivity contribution >= 4 is 5.91 Å². The van der Waals surface area contributed by atoms with E-state index < -0.39 is 12.7 Å². The van der Waals surface area contributed by atoms with Crippen LogP contribution >= 0.6 is 0 Å². The van der Waals surface area contributed by atoms with Crippen molar-refractivity contribution < 1.29 is 18.3 Å². The molecule has 2 aromatic carbocycles. The van der Waals surface area contributed by atoms with E-state index >= 15 is 0 Å². The number of benzene rings is 2. The van der Waals surface area contributed by atoms with Gasteiger partial charge in [0.2, 0.25) is 5.91 Å². The summed E-state index contributed by atoms with van der Waals surface area (Å²) in [4.78, 5) is 12.5. The van der Waals surface area contributed by atoms with E-state index in [1.807, 2.05) is 30.3 Å². The van der Waals surface area contributed by atoms with Crippen LogP contribution in [-0.4, -0.2) is 18.6 Å². The molecule has 0 heterocycles. The zero-order valence-corrected chi connectivity index (χ0v) is 14.3. The van der Waals surface area contributed by atoms with Gasteiger partial charge in [0.05, 0.1) is 12.1 Å². The van der Waals surface area contributed by atoms with Crippen LogP contribution in [-0.2, 0) is 17.6 Å². The summed E-state index contributed by atoms with van der Waals surface area (Å²) in [5.41, 5.74) is 8.93. The Morgan fingerprint density at radius 1 is 1.23 bits per heavy atom. The number of carbonyl (C=O) groups is 1. The molecule has 138 valence electrons. The van der Waals surface area contributed by atoms with Gasteiger partial charge in [-0.15, -0.1) is 0 Å². The molecule has 1 unspecified atom stereocenters. The van der Waals surface area contributed by atoms with E-state index in [1.165, 1.54) is 6.07 Å². The lowest BCUT2D eigenvalue weighted by molar-refractivity contribution is -0.123. The van der Waals surface area contributed by atoms with Crippen molar-refractivity contribution in [2.75, 3.05) is 0 Å². The van der Waals surface area contributed by atoms with E-state index in [4.69, 9.17) is 5.73 Å². The van der Waals surface area contributed by atoms with Crippen LogP contribution in [0.4, 0.5) is 8.78 Å². The fourth-order valence-corrected chi connectivity index (χ4v) is 3.36. The maximum absolute atomic E-state index is 12.5. The number of nitrogens with one attached hydrogen (secondary N) is 1. The van der Waals surface area contributed by atoms with Gasteiger partial charge in [-0.05, 0) is 54.5 Å². The van der Waals surface area contributed by atoms with Gasteiger partial charge < -0.3 is 15.8 Å². The van der Waals surface area contributed by atoms with Gasteiger partial charge in [0.15, 0.2) is 0 Å². The molecule has 1 aliphatic carbocycles. The van der Waals surface area contributed by atoms with E-state index in [2.05, 4.69) is 10.1 Å². The topological polar surface area (TPSA) is 64.4 Å². The molecular formula is C20H22F2N2O2. The second kappa shape index (κ2) is 8.27. The van der Waals surface area contributed by atoms with Crippen molar-refractivity contribution in [3.05, 3.63) is 65.2 Å². The Balaban J connectivity index is 1.66. The van der Waals surface area contributed by atoms with Gasteiger partial charge in [0.25, 0.3) is 0 Å². The zero-order valence-electron chi connectivity index (χ0n) is 14.3. The molecule has 4 nitrogen and oxygen atoms in total. The Hall–Kier alpha value is -2.47. The summed E-state index contributed by atoms with van der Waals surface area (Å²) in [5, 5.41) is 3.00. The molecule has 0 radical (unpaired) electrons. The summed E-state index contributed by atoms with van der Waals surface area (Å²) in [6.07, 6.45) is 2.90. The zero-order chi connectivity index (χ0) is 18.5. The molecule has 1 amide bonds. The van der Waals surface area contributed by atoms with Crippen LogP contribution in [0.25, 0.3) is 0 Å². The van der Waals surface area contributed by atoms with E-state index in [-0.39, 0.29) is 17.7 Å². The summed E-state index contributed by atoms with van der Waals surface area (Å²) in [6.45, 7) is -2.84. The van der Waals surface area contributed by atoms with Crippen molar-refractivity contribution in [1.29, 1.82) is 0 Å². The molecule has 0 aliphatic heterocycles. The quantitative estimate of drug-likeness (QED) is 0.830. The highest BCUT2D eigenvalue weighted by Crippen LogP contribution is 2.32. The number of nitrogens with two attached hydrogens (primary N) is 1. The Labute approximate surface area is 151 Å². The Morgan fingerprint density at radius 3 is 2.73 bits per heavy atom. The molecule has 1 aliphatic rings. The van der Waals surface area contributed by atoms with Gasteiger partial charge in [-0.1, -0.05) is 36.4 Å². The molecule has 26 heavy (non-hydrogen) atoms. The molecule has 0 saturated heterocycles. The minimum Gasteiger partial charge on any atom is -0.435 e. The Bertz CT molecular complexity index is 753. The van der Waals surface area contributed by atoms with Crippen molar-refractivity contribution in [2.24, 2.45) is 5.73 Å². The summed E-state index contributed by atoms with van der Waals surface area (Å²) in [6, 6.07) is 13.7. The fourth-order valence-electron chi connectivity index (χ4n) is 3.36. The molecule has 0 bridgehead atoms. The van der Waals surface area contributed by atoms with Gasteiger partial charge in [0, 0.05) is 0 Å². The number of alkyl halides is 2. The minimum absolute atomic E-state index is 0.145. The number of fused-ring (bicyclic) bond motifs is 1. The first-order valence-electron chi connectivity index (χ1n) is 8.70. The van der Waals surface area contributed by atoms with Crippen molar-refractivity contribution in [3.8, 4) is 5.75 Å². The molecule has 0 spiro atoms. The third-order valence-electron chi connectivity index (χ3n) is 4.61.